The van der Waals surface area contributed by atoms with Crippen molar-refractivity contribution in [2.75, 3.05) is 13.2 Å². The van der Waals surface area contributed by atoms with E-state index >= 15 is 0 Å². The SMILES string of the molecule is O=C1c2ccc(O)cc2O[C@H](c2ccc(O)c(O)c2)[C@@H]1O[C@@H]1O[C@H](CO[C@@H]2OC[C@@H](O)[C@H](O)[C@H]2O)[C@H](O)[C@H](O)[C@H]1O. The molecule has 2 saturated heterocycles. The van der Waals surface area contributed by atoms with Crippen LogP contribution in [0.15, 0.2) is 36.4 Å². The van der Waals surface area contributed by atoms with E-state index in [1.807, 2.05) is 0 Å². The molecular weight excluding hydrogens is 552 g/mol. The van der Waals surface area contributed by atoms with Crippen LogP contribution in [0.4, 0.5) is 0 Å². The van der Waals surface area contributed by atoms with Crippen molar-refractivity contribution in [2.45, 2.75) is 67.5 Å². The van der Waals surface area contributed by atoms with Crippen LogP contribution in [0.1, 0.15) is 22.0 Å². The van der Waals surface area contributed by atoms with E-state index in [2.05, 4.69) is 0 Å². The maximum absolute atomic E-state index is 13.5. The second-order valence-electron chi connectivity index (χ2n) is 9.99. The molecule has 15 nitrogen and oxygen atoms in total. The lowest BCUT2D eigenvalue weighted by molar-refractivity contribution is -0.327. The Morgan fingerprint density at radius 2 is 1.54 bits per heavy atom. The predicted molar refractivity (Wildman–Crippen MR) is 131 cm³/mol. The van der Waals surface area contributed by atoms with Crippen molar-refractivity contribution < 1.29 is 74.4 Å². The molecule has 0 aromatic heterocycles. The number of benzene rings is 2. The molecule has 9 N–H and O–H groups in total. The normalized spacial score (nSPS) is 37.3. The number of aromatic hydroxyl groups is 3. The van der Waals surface area contributed by atoms with Crippen LogP contribution in [0.2, 0.25) is 0 Å². The highest BCUT2D eigenvalue weighted by Crippen LogP contribution is 2.41. The molecule has 0 saturated carbocycles. The molecule has 3 aliphatic heterocycles. The molecule has 3 heterocycles. The minimum Gasteiger partial charge on any atom is -0.508 e. The zero-order valence-corrected chi connectivity index (χ0v) is 21.2. The van der Waals surface area contributed by atoms with Gasteiger partial charge in [0.05, 0.1) is 18.8 Å². The van der Waals surface area contributed by atoms with Crippen LogP contribution in [-0.4, -0.2) is 126 Å². The summed E-state index contributed by atoms with van der Waals surface area (Å²) >= 11 is 0. The van der Waals surface area contributed by atoms with Gasteiger partial charge in [0.2, 0.25) is 0 Å². The molecule has 15 heteroatoms. The maximum atomic E-state index is 13.5. The molecule has 0 bridgehead atoms. The molecule has 0 amide bonds. The van der Waals surface area contributed by atoms with Gasteiger partial charge in [-0.05, 0) is 29.8 Å². The van der Waals surface area contributed by atoms with E-state index in [0.29, 0.717) is 0 Å². The molecule has 11 atom stereocenters. The number of ether oxygens (including phenoxy) is 5. The number of phenolic OH excluding ortho intramolecular Hbond substituents is 3. The first kappa shape index (κ1) is 29.4. The van der Waals surface area contributed by atoms with E-state index in [9.17, 15) is 50.8 Å². The van der Waals surface area contributed by atoms with E-state index in [4.69, 9.17) is 23.7 Å². The summed E-state index contributed by atoms with van der Waals surface area (Å²) < 4.78 is 28.0. The van der Waals surface area contributed by atoms with Crippen molar-refractivity contribution in [1.29, 1.82) is 0 Å². The van der Waals surface area contributed by atoms with Crippen LogP contribution in [0, 0.1) is 0 Å². The topological polar surface area (TPSA) is 245 Å². The number of rotatable bonds is 6. The maximum Gasteiger partial charge on any atom is 0.199 e. The average molecular weight is 583 g/mol. The van der Waals surface area contributed by atoms with Gasteiger partial charge in [-0.3, -0.25) is 4.79 Å². The number of aliphatic hydroxyl groups is 6. The molecule has 0 aliphatic carbocycles. The molecule has 0 spiro atoms. The highest BCUT2D eigenvalue weighted by atomic mass is 16.7. The lowest BCUT2D eigenvalue weighted by Crippen LogP contribution is -2.61. The minimum absolute atomic E-state index is 0.00222. The fourth-order valence-electron chi connectivity index (χ4n) is 4.82. The third-order valence-electron chi connectivity index (χ3n) is 7.17. The number of hydrogen-bond acceptors (Lipinski definition) is 15. The van der Waals surface area contributed by atoms with Crippen LogP contribution in [0.5, 0.6) is 23.0 Å². The van der Waals surface area contributed by atoms with Gasteiger partial charge in [0.1, 0.15) is 54.2 Å². The molecule has 3 aliphatic rings. The largest absolute Gasteiger partial charge is 0.508 e. The highest BCUT2D eigenvalue weighted by Gasteiger charge is 2.49. The molecule has 0 unspecified atom stereocenters. The Morgan fingerprint density at radius 3 is 2.27 bits per heavy atom. The third-order valence-corrected chi connectivity index (χ3v) is 7.17. The van der Waals surface area contributed by atoms with Crippen LogP contribution >= 0.6 is 0 Å². The van der Waals surface area contributed by atoms with E-state index in [1.165, 1.54) is 24.3 Å². The fraction of sp³-hybridized carbons (Fsp3) is 0.500. The number of ketones is 1. The van der Waals surface area contributed by atoms with Gasteiger partial charge >= 0.3 is 0 Å². The number of hydrogen-bond donors (Lipinski definition) is 9. The van der Waals surface area contributed by atoms with Gasteiger partial charge in [0, 0.05) is 6.07 Å². The van der Waals surface area contributed by atoms with Gasteiger partial charge in [-0.2, -0.15) is 0 Å². The Hall–Kier alpha value is -3.09. The number of aliphatic hydroxyl groups excluding tert-OH is 6. The molecule has 2 fully saturated rings. The zero-order chi connectivity index (χ0) is 29.6. The van der Waals surface area contributed by atoms with Crippen molar-refractivity contribution in [3.8, 4) is 23.0 Å². The van der Waals surface area contributed by atoms with Gasteiger partial charge in [-0.1, -0.05) is 6.07 Å². The Labute approximate surface area is 231 Å². The van der Waals surface area contributed by atoms with E-state index in [-0.39, 0.29) is 29.2 Å². The van der Waals surface area contributed by atoms with Gasteiger partial charge in [-0.25, -0.2) is 0 Å². The van der Waals surface area contributed by atoms with Crippen molar-refractivity contribution in [2.24, 2.45) is 0 Å². The second kappa shape index (κ2) is 11.7. The van der Waals surface area contributed by atoms with E-state index in [0.717, 1.165) is 12.1 Å². The lowest BCUT2D eigenvalue weighted by atomic mass is 9.92. The van der Waals surface area contributed by atoms with Crippen LogP contribution in [0.3, 0.4) is 0 Å². The zero-order valence-electron chi connectivity index (χ0n) is 21.2. The smallest absolute Gasteiger partial charge is 0.199 e. The first-order valence-electron chi connectivity index (χ1n) is 12.6. The van der Waals surface area contributed by atoms with Crippen molar-refractivity contribution in [3.63, 3.8) is 0 Å². The van der Waals surface area contributed by atoms with Crippen LogP contribution in [-0.2, 0) is 18.9 Å². The van der Waals surface area contributed by atoms with Crippen molar-refractivity contribution >= 4 is 5.78 Å². The summed E-state index contributed by atoms with van der Waals surface area (Å²) in [6.07, 6.45) is -17.4. The summed E-state index contributed by atoms with van der Waals surface area (Å²) in [7, 11) is 0. The van der Waals surface area contributed by atoms with Gasteiger partial charge in [0.25, 0.3) is 0 Å². The Balaban J connectivity index is 1.38. The van der Waals surface area contributed by atoms with Crippen LogP contribution < -0.4 is 4.74 Å². The van der Waals surface area contributed by atoms with Crippen molar-refractivity contribution in [3.05, 3.63) is 47.5 Å². The predicted octanol–water partition coefficient (Wildman–Crippen LogP) is -2.23. The summed E-state index contributed by atoms with van der Waals surface area (Å²) in [6, 6.07) is 7.39. The summed E-state index contributed by atoms with van der Waals surface area (Å²) in [5.41, 5.74) is 0.185. The molecule has 5 rings (SSSR count). The summed E-state index contributed by atoms with van der Waals surface area (Å²) in [5, 5.41) is 90.8. The van der Waals surface area contributed by atoms with Gasteiger partial charge < -0.3 is 69.6 Å². The summed E-state index contributed by atoms with van der Waals surface area (Å²) in [6.45, 7) is -0.886. The summed E-state index contributed by atoms with van der Waals surface area (Å²) in [5.74, 6) is -1.82. The molecule has 0 radical (unpaired) electrons. The minimum atomic E-state index is -1.86. The highest BCUT2D eigenvalue weighted by molar-refractivity contribution is 6.03. The Kier molecular flexibility index (Phi) is 8.36. The molecule has 2 aromatic rings. The number of carbonyl (C=O) groups excluding carboxylic acids is 1. The lowest BCUT2D eigenvalue weighted by Gasteiger charge is -2.43. The average Bonchev–Trinajstić information content (AvgIpc) is 2.94. The quantitative estimate of drug-likeness (QED) is 0.164. The molecule has 224 valence electrons. The molecule has 2 aromatic carbocycles. The first-order valence-corrected chi connectivity index (χ1v) is 12.6. The molecule has 41 heavy (non-hydrogen) atoms. The third kappa shape index (κ3) is 5.69. The number of fused-ring (bicyclic) bond motifs is 1. The monoisotopic (exact) mass is 582 g/mol. The number of Topliss-reactive ketones (excluding diaryl/α,β-unsaturated/α-hetero) is 1. The van der Waals surface area contributed by atoms with Gasteiger partial charge in [-0.15, -0.1) is 0 Å². The number of carbonyl (C=O) groups is 1. The standard InChI is InChI=1S/C26H30O15/c27-10-2-3-11-15(6-10)39-23(9-1-4-12(28)13(29)5-9)24(17(11)31)41-26-22(36)20(34)19(33)16(40-26)8-38-25-21(35)18(32)14(30)7-37-25/h1-6,14,16,18-30,32-36H,7-8H2/t14-,16-,18+,19+,20+,21-,22-,23-,24-,25+,26+/m1/s1. The Morgan fingerprint density at radius 1 is 0.805 bits per heavy atom. The number of phenols is 3. The Bertz CT molecular complexity index is 1260. The summed E-state index contributed by atoms with van der Waals surface area (Å²) in [4.78, 5) is 13.5. The van der Waals surface area contributed by atoms with Crippen molar-refractivity contribution in [1.82, 2.24) is 0 Å². The molecular formula is C26H30O15. The van der Waals surface area contributed by atoms with Gasteiger partial charge in [0.15, 0.2) is 42.1 Å². The fourth-order valence-corrected chi connectivity index (χ4v) is 4.82. The first-order chi connectivity index (χ1) is 19.5. The second-order valence-corrected chi connectivity index (χ2v) is 9.99. The van der Waals surface area contributed by atoms with E-state index in [1.54, 1.807) is 0 Å². The van der Waals surface area contributed by atoms with E-state index < -0.39 is 91.4 Å². The van der Waals surface area contributed by atoms with Crippen LogP contribution in [0.25, 0.3) is 0 Å².